The molecule has 1 N–H and O–H groups in total. The molecule has 3 rings (SSSR count). The van der Waals surface area contributed by atoms with Crippen LogP contribution in [0.3, 0.4) is 0 Å². The van der Waals surface area contributed by atoms with Gasteiger partial charge < -0.3 is 10.1 Å². The molecular formula is C24H30N2O5S. The van der Waals surface area contributed by atoms with Gasteiger partial charge in [0.2, 0.25) is 10.0 Å². The van der Waals surface area contributed by atoms with E-state index in [1.165, 1.54) is 6.92 Å². The fourth-order valence-electron chi connectivity index (χ4n) is 3.58. The van der Waals surface area contributed by atoms with Crippen LogP contribution in [0.4, 0.5) is 5.69 Å². The topological polar surface area (TPSA) is 92.8 Å². The number of aryl methyl sites for hydroxylation is 1. The summed E-state index contributed by atoms with van der Waals surface area (Å²) in [5, 5.41) is 2.70. The number of sulfonamides is 1. The number of nitrogens with zero attached hydrogens (tertiary/aromatic N) is 1. The fraction of sp³-hybridized carbons (Fsp3) is 0.417. The van der Waals surface area contributed by atoms with E-state index in [0.29, 0.717) is 25.2 Å². The first-order valence-corrected chi connectivity index (χ1v) is 12.4. The molecule has 32 heavy (non-hydrogen) atoms. The third kappa shape index (κ3) is 6.64. The van der Waals surface area contributed by atoms with Gasteiger partial charge in [0.15, 0.2) is 6.10 Å². The largest absolute Gasteiger partial charge is 0.453 e. The smallest absolute Gasteiger partial charge is 0.306 e. The lowest BCUT2D eigenvalue weighted by molar-refractivity contribution is -0.153. The Morgan fingerprint density at radius 2 is 1.59 bits per heavy atom. The Morgan fingerprint density at radius 1 is 0.969 bits per heavy atom. The molecule has 0 radical (unpaired) electrons. The Bertz CT molecular complexity index is 998. The van der Waals surface area contributed by atoms with Crippen molar-refractivity contribution in [2.75, 3.05) is 18.4 Å². The first-order valence-electron chi connectivity index (χ1n) is 11.0. The minimum absolute atomic E-state index is 0.0984. The third-order valence-corrected chi connectivity index (χ3v) is 7.38. The monoisotopic (exact) mass is 458 g/mol. The number of ether oxygens (including phenoxy) is 1. The Kier molecular flexibility index (Phi) is 8.41. The predicted octanol–water partition coefficient (Wildman–Crippen LogP) is 3.75. The maximum absolute atomic E-state index is 12.8. The Hall–Kier alpha value is -2.71. The molecule has 172 valence electrons. The average molecular weight is 459 g/mol. The number of anilines is 1. The molecule has 1 saturated heterocycles. The lowest BCUT2D eigenvalue weighted by Crippen LogP contribution is -2.31. The number of rotatable bonds is 8. The molecule has 1 heterocycles. The van der Waals surface area contributed by atoms with Gasteiger partial charge >= 0.3 is 5.97 Å². The highest BCUT2D eigenvalue weighted by Crippen LogP contribution is 2.21. The molecule has 0 saturated carbocycles. The van der Waals surface area contributed by atoms with E-state index >= 15 is 0 Å². The number of nitrogens with one attached hydrogen (secondary N) is 1. The second-order valence-corrected chi connectivity index (χ2v) is 9.89. The zero-order valence-electron chi connectivity index (χ0n) is 18.3. The highest BCUT2D eigenvalue weighted by Gasteiger charge is 2.25. The highest BCUT2D eigenvalue weighted by atomic mass is 32.2. The van der Waals surface area contributed by atoms with Crippen molar-refractivity contribution in [1.29, 1.82) is 0 Å². The van der Waals surface area contributed by atoms with E-state index in [0.717, 1.165) is 31.2 Å². The van der Waals surface area contributed by atoms with E-state index in [-0.39, 0.29) is 11.3 Å². The molecule has 2 aromatic carbocycles. The SMILES string of the molecule is CC(OC(=O)CCc1ccc(S(=O)(=O)N2CCCCCC2)cc1)C(=O)Nc1ccccc1. The molecule has 1 amide bonds. The molecule has 0 spiro atoms. The van der Waals surface area contributed by atoms with Crippen molar-refractivity contribution in [3.05, 3.63) is 60.2 Å². The van der Waals surface area contributed by atoms with Crippen LogP contribution in [0.25, 0.3) is 0 Å². The quantitative estimate of drug-likeness (QED) is 0.608. The summed E-state index contributed by atoms with van der Waals surface area (Å²) in [6.45, 7) is 2.65. The lowest BCUT2D eigenvalue weighted by Gasteiger charge is -2.20. The van der Waals surface area contributed by atoms with Crippen LogP contribution in [0.15, 0.2) is 59.5 Å². The van der Waals surface area contributed by atoms with Crippen LogP contribution in [0, 0.1) is 0 Å². The Balaban J connectivity index is 1.49. The van der Waals surface area contributed by atoms with Crippen LogP contribution in [-0.2, 0) is 30.8 Å². The summed E-state index contributed by atoms with van der Waals surface area (Å²) in [4.78, 5) is 24.6. The number of amides is 1. The number of carbonyl (C=O) groups excluding carboxylic acids is 2. The van der Waals surface area contributed by atoms with E-state index in [4.69, 9.17) is 4.74 Å². The molecule has 8 heteroatoms. The second-order valence-electron chi connectivity index (χ2n) is 7.95. The van der Waals surface area contributed by atoms with E-state index in [9.17, 15) is 18.0 Å². The van der Waals surface area contributed by atoms with E-state index < -0.39 is 28.0 Å². The maximum atomic E-state index is 12.8. The summed E-state index contributed by atoms with van der Waals surface area (Å²) in [7, 11) is -3.49. The van der Waals surface area contributed by atoms with Crippen molar-refractivity contribution < 1.29 is 22.7 Å². The van der Waals surface area contributed by atoms with Crippen molar-refractivity contribution in [1.82, 2.24) is 4.31 Å². The van der Waals surface area contributed by atoms with Gasteiger partial charge in [-0.15, -0.1) is 0 Å². The number of hydrogen-bond acceptors (Lipinski definition) is 5. The van der Waals surface area contributed by atoms with Crippen molar-refractivity contribution in [2.45, 2.75) is 56.4 Å². The number of para-hydroxylation sites is 1. The zero-order valence-corrected chi connectivity index (χ0v) is 19.1. The standard InChI is InChI=1S/C24H30N2O5S/c1-19(24(28)25-21-9-5-4-6-10-21)31-23(27)16-13-20-11-14-22(15-12-20)32(29,30)26-17-7-2-3-8-18-26/h4-6,9-12,14-15,19H,2-3,7-8,13,16-18H2,1H3,(H,25,28). The maximum Gasteiger partial charge on any atom is 0.306 e. The summed E-state index contributed by atoms with van der Waals surface area (Å²) in [6, 6.07) is 15.6. The van der Waals surface area contributed by atoms with Gasteiger partial charge in [0.25, 0.3) is 5.91 Å². The van der Waals surface area contributed by atoms with Crippen LogP contribution in [-0.4, -0.2) is 43.8 Å². The number of carbonyl (C=O) groups is 2. The highest BCUT2D eigenvalue weighted by molar-refractivity contribution is 7.89. The number of esters is 1. The molecule has 2 aromatic rings. The van der Waals surface area contributed by atoms with E-state index in [2.05, 4.69) is 5.32 Å². The number of benzene rings is 2. The summed E-state index contributed by atoms with van der Waals surface area (Å²) in [5.74, 6) is -0.880. The summed E-state index contributed by atoms with van der Waals surface area (Å²) < 4.78 is 32.5. The minimum atomic E-state index is -3.49. The van der Waals surface area contributed by atoms with Gasteiger partial charge in [-0.05, 0) is 56.0 Å². The van der Waals surface area contributed by atoms with Crippen molar-refractivity contribution in [3.63, 3.8) is 0 Å². The zero-order chi connectivity index (χ0) is 23.0. The third-order valence-electron chi connectivity index (χ3n) is 5.46. The normalized spacial score (nSPS) is 16.0. The van der Waals surface area contributed by atoms with Gasteiger partial charge in [0, 0.05) is 25.2 Å². The molecule has 7 nitrogen and oxygen atoms in total. The van der Waals surface area contributed by atoms with Gasteiger partial charge in [-0.3, -0.25) is 9.59 Å². The molecule has 1 atom stereocenters. The molecule has 1 aliphatic heterocycles. The first kappa shape index (κ1) is 23.9. The van der Waals surface area contributed by atoms with Crippen LogP contribution in [0.2, 0.25) is 0 Å². The van der Waals surface area contributed by atoms with Gasteiger partial charge in [-0.2, -0.15) is 4.31 Å². The van der Waals surface area contributed by atoms with E-state index in [1.807, 2.05) is 6.07 Å². The predicted molar refractivity (Wildman–Crippen MR) is 123 cm³/mol. The molecule has 0 aliphatic carbocycles. The molecule has 1 aliphatic rings. The van der Waals surface area contributed by atoms with Crippen molar-refractivity contribution >= 4 is 27.6 Å². The fourth-order valence-corrected chi connectivity index (χ4v) is 5.10. The van der Waals surface area contributed by atoms with Crippen LogP contribution < -0.4 is 5.32 Å². The molecule has 1 fully saturated rings. The average Bonchev–Trinajstić information content (AvgIpc) is 3.09. The second kappa shape index (κ2) is 11.2. The van der Waals surface area contributed by atoms with Crippen LogP contribution in [0.1, 0.15) is 44.6 Å². The summed E-state index contributed by atoms with van der Waals surface area (Å²) in [5.41, 5.74) is 1.47. The Morgan fingerprint density at radius 3 is 2.22 bits per heavy atom. The number of hydrogen-bond donors (Lipinski definition) is 1. The first-order chi connectivity index (χ1) is 15.4. The van der Waals surface area contributed by atoms with Crippen molar-refractivity contribution in [3.8, 4) is 0 Å². The van der Waals surface area contributed by atoms with E-state index in [1.54, 1.807) is 52.8 Å². The van der Waals surface area contributed by atoms with Crippen LogP contribution >= 0.6 is 0 Å². The molecule has 1 unspecified atom stereocenters. The summed E-state index contributed by atoms with van der Waals surface area (Å²) in [6.07, 6.45) is 3.49. The van der Waals surface area contributed by atoms with Gasteiger partial charge in [0.1, 0.15) is 0 Å². The Labute approximate surface area is 189 Å². The summed E-state index contributed by atoms with van der Waals surface area (Å²) >= 11 is 0. The van der Waals surface area contributed by atoms with Gasteiger partial charge in [-0.1, -0.05) is 43.2 Å². The lowest BCUT2D eigenvalue weighted by atomic mass is 10.1. The van der Waals surface area contributed by atoms with Gasteiger partial charge in [0.05, 0.1) is 4.90 Å². The molecule has 0 bridgehead atoms. The van der Waals surface area contributed by atoms with Gasteiger partial charge in [-0.25, -0.2) is 8.42 Å². The minimum Gasteiger partial charge on any atom is -0.453 e. The molecule has 0 aromatic heterocycles. The van der Waals surface area contributed by atoms with Crippen LogP contribution in [0.5, 0.6) is 0 Å². The van der Waals surface area contributed by atoms with Crippen molar-refractivity contribution in [2.24, 2.45) is 0 Å². The molecular weight excluding hydrogens is 428 g/mol.